The quantitative estimate of drug-likeness (QED) is 0.280. The maximum Gasteiger partial charge on any atom is 0.214 e. The predicted octanol–water partition coefficient (Wildman–Crippen LogP) is 2.15. The van der Waals surface area contributed by atoms with Crippen LogP contribution in [0.1, 0.15) is 30.3 Å². The lowest BCUT2D eigenvalue weighted by molar-refractivity contribution is -0.116. The van der Waals surface area contributed by atoms with E-state index in [0.29, 0.717) is 63.3 Å². The molecule has 156 valence electrons. The topological polar surface area (TPSA) is 122 Å². The standard InChI is InChI=1S/C20H26N4O4S/c1-13(24(12-26)11-16-10-22-14(2)23-19(16)21)18(8-9-25)29-20(27)15-4-6-17(28-3)7-5-15/h4-7,10,12,25,27,29H,8-9,11H2,1-3H3,(H2,21,22,23)/b18-13-. The number of allylic oxidation sites excluding steroid dienone is 1. The van der Waals surface area contributed by atoms with Gasteiger partial charge in [-0.1, -0.05) is 0 Å². The van der Waals surface area contributed by atoms with E-state index >= 15 is 0 Å². The fourth-order valence-corrected chi connectivity index (χ4v) is 3.61. The molecule has 1 heterocycles. The minimum absolute atomic E-state index is 0.111. The van der Waals surface area contributed by atoms with Gasteiger partial charge < -0.3 is 25.6 Å². The Morgan fingerprint density at radius 3 is 2.59 bits per heavy atom. The smallest absolute Gasteiger partial charge is 0.214 e. The van der Waals surface area contributed by atoms with Gasteiger partial charge in [-0.3, -0.25) is 4.79 Å². The number of aryl methyl sites for hydroxylation is 1. The second-order valence-corrected chi connectivity index (χ2v) is 7.42. The van der Waals surface area contributed by atoms with Crippen molar-refractivity contribution in [1.29, 1.82) is 0 Å². The molecule has 0 radical (unpaired) electrons. The lowest BCUT2D eigenvalue weighted by atomic mass is 10.2. The molecule has 9 heteroatoms. The van der Waals surface area contributed by atoms with Gasteiger partial charge in [0.1, 0.15) is 22.4 Å². The van der Waals surface area contributed by atoms with Crippen molar-refractivity contribution in [2.75, 3.05) is 19.5 Å². The third-order valence-electron chi connectivity index (χ3n) is 4.27. The number of nitrogens with zero attached hydrogens (tertiary/aromatic N) is 3. The summed E-state index contributed by atoms with van der Waals surface area (Å²) >= 11 is 0.496. The zero-order chi connectivity index (χ0) is 21.4. The van der Waals surface area contributed by atoms with Gasteiger partial charge in [-0.05, 0) is 38.1 Å². The predicted molar refractivity (Wildman–Crippen MR) is 116 cm³/mol. The van der Waals surface area contributed by atoms with Crippen LogP contribution in [0.15, 0.2) is 41.1 Å². The van der Waals surface area contributed by atoms with Crippen LogP contribution in [-0.4, -0.2) is 50.3 Å². The lowest BCUT2D eigenvalue weighted by Crippen LogP contribution is -2.22. The Bertz CT molecular complexity index is 913. The number of rotatable bonds is 9. The second-order valence-electron chi connectivity index (χ2n) is 6.23. The summed E-state index contributed by atoms with van der Waals surface area (Å²) in [5, 5.41) is 20.1. The van der Waals surface area contributed by atoms with Gasteiger partial charge in [0.2, 0.25) is 6.41 Å². The summed E-state index contributed by atoms with van der Waals surface area (Å²) in [5.41, 5.74) is 7.80. The van der Waals surface area contributed by atoms with Crippen LogP contribution in [0.4, 0.5) is 5.82 Å². The molecule has 0 aliphatic carbocycles. The second kappa shape index (κ2) is 10.7. The molecule has 4 N–H and O–H groups in total. The van der Waals surface area contributed by atoms with Gasteiger partial charge in [0.25, 0.3) is 0 Å². The van der Waals surface area contributed by atoms with E-state index in [1.54, 1.807) is 51.4 Å². The monoisotopic (exact) mass is 418 g/mol. The van der Waals surface area contributed by atoms with Gasteiger partial charge in [-0.15, -0.1) is 11.4 Å². The van der Waals surface area contributed by atoms with Crippen LogP contribution < -0.4 is 10.5 Å². The summed E-state index contributed by atoms with van der Waals surface area (Å²) in [6.07, 6.45) is 2.58. The summed E-state index contributed by atoms with van der Waals surface area (Å²) in [6.45, 7) is 3.57. The molecule has 0 spiro atoms. The van der Waals surface area contributed by atoms with E-state index < -0.39 is 0 Å². The van der Waals surface area contributed by atoms with Crippen LogP contribution in [0.5, 0.6) is 5.75 Å². The number of thiol groups is 1. The first-order valence-corrected chi connectivity index (χ1v) is 9.81. The Morgan fingerprint density at radius 1 is 1.34 bits per heavy atom. The van der Waals surface area contributed by atoms with Crippen LogP contribution in [0.3, 0.4) is 0 Å². The van der Waals surface area contributed by atoms with E-state index in [1.165, 1.54) is 4.90 Å². The molecular formula is C20H26N4O4S. The van der Waals surface area contributed by atoms with Crippen molar-refractivity contribution >= 4 is 28.6 Å². The number of nitrogen functional groups attached to an aromatic ring is 1. The van der Waals surface area contributed by atoms with Crippen molar-refractivity contribution < 1.29 is 19.7 Å². The molecule has 8 nitrogen and oxygen atoms in total. The molecule has 0 fully saturated rings. The summed E-state index contributed by atoms with van der Waals surface area (Å²) in [7, 11) is 1.57. The van der Waals surface area contributed by atoms with Gasteiger partial charge in [0.15, 0.2) is 0 Å². The van der Waals surface area contributed by atoms with E-state index in [4.69, 9.17) is 10.5 Å². The van der Waals surface area contributed by atoms with E-state index in [0.717, 1.165) is 0 Å². The van der Waals surface area contributed by atoms with E-state index in [-0.39, 0.29) is 18.2 Å². The number of aliphatic hydroxyl groups excluding tert-OH is 2. The average Bonchev–Trinajstić information content (AvgIpc) is 2.72. The molecule has 0 saturated carbocycles. The largest absolute Gasteiger partial charge is 0.497 e. The number of amides is 1. The number of ether oxygens (including phenoxy) is 1. The van der Waals surface area contributed by atoms with Crippen molar-refractivity contribution in [3.63, 3.8) is 0 Å². The molecule has 1 aromatic heterocycles. The van der Waals surface area contributed by atoms with Crippen molar-refractivity contribution in [1.82, 2.24) is 14.9 Å². The van der Waals surface area contributed by atoms with Crippen molar-refractivity contribution in [3.05, 3.63) is 58.0 Å². The highest BCUT2D eigenvalue weighted by atomic mass is 32.1. The van der Waals surface area contributed by atoms with Crippen molar-refractivity contribution in [3.8, 4) is 5.75 Å². The molecule has 0 atom stereocenters. The summed E-state index contributed by atoms with van der Waals surface area (Å²) < 4.78 is 5.12. The third kappa shape index (κ3) is 6.11. The Labute approximate surface area is 173 Å². The summed E-state index contributed by atoms with van der Waals surface area (Å²) in [4.78, 5) is 22.1. The number of hydrogen-bond donors (Lipinski definition) is 4. The first kappa shape index (κ1) is 22.5. The molecule has 2 aromatic rings. The van der Waals surface area contributed by atoms with Crippen LogP contribution in [-0.2, 0) is 11.3 Å². The first-order valence-electron chi connectivity index (χ1n) is 8.92. The fourth-order valence-electron chi connectivity index (χ4n) is 2.57. The van der Waals surface area contributed by atoms with E-state index in [9.17, 15) is 15.0 Å². The maximum absolute atomic E-state index is 11.7. The van der Waals surface area contributed by atoms with Crippen molar-refractivity contribution in [2.24, 2.45) is 0 Å². The molecule has 0 aliphatic rings. The SMILES string of the molecule is COc1ccc(/C(O)=[SH]/C(CCO)=C(/C)N(C=O)Cc2cnc(C)nc2N)cc1. The molecule has 0 saturated heterocycles. The molecule has 2 rings (SSSR count). The average molecular weight is 419 g/mol. The molecule has 1 amide bonds. The Kier molecular flexibility index (Phi) is 8.32. The number of anilines is 1. The highest BCUT2D eigenvalue weighted by Gasteiger charge is 2.13. The Morgan fingerprint density at radius 2 is 2.03 bits per heavy atom. The van der Waals surface area contributed by atoms with E-state index in [2.05, 4.69) is 9.97 Å². The molecule has 0 unspecified atom stereocenters. The summed E-state index contributed by atoms with van der Waals surface area (Å²) in [6, 6.07) is 6.99. The molecule has 1 aromatic carbocycles. The number of aromatic nitrogens is 2. The number of benzene rings is 1. The minimum atomic E-state index is -0.113. The fraction of sp³-hybridized carbons (Fsp3) is 0.300. The summed E-state index contributed by atoms with van der Waals surface area (Å²) in [5.74, 6) is 1.55. The number of carbonyl (C=O) groups excluding carboxylic acids is 1. The molecular weight excluding hydrogens is 392 g/mol. The zero-order valence-corrected chi connectivity index (χ0v) is 17.6. The third-order valence-corrected chi connectivity index (χ3v) is 5.56. The number of hydrogen-bond acceptors (Lipinski definition) is 6. The van der Waals surface area contributed by atoms with E-state index in [1.807, 2.05) is 0 Å². The van der Waals surface area contributed by atoms with Gasteiger partial charge in [0.05, 0.1) is 13.7 Å². The minimum Gasteiger partial charge on any atom is -0.497 e. The van der Waals surface area contributed by atoms with Gasteiger partial charge in [0, 0.05) is 41.0 Å². The van der Waals surface area contributed by atoms with Crippen LogP contribution in [0.2, 0.25) is 0 Å². The van der Waals surface area contributed by atoms with Crippen molar-refractivity contribution in [2.45, 2.75) is 26.8 Å². The normalized spacial score (nSPS) is 12.7. The molecule has 0 bridgehead atoms. The number of nitrogens with two attached hydrogens (primary N) is 1. The lowest BCUT2D eigenvalue weighted by Gasteiger charge is -2.21. The van der Waals surface area contributed by atoms with Gasteiger partial charge in [-0.25, -0.2) is 9.97 Å². The first-order chi connectivity index (χ1) is 13.9. The molecule has 0 aliphatic heterocycles. The molecule has 29 heavy (non-hydrogen) atoms. The van der Waals surface area contributed by atoms with Crippen LogP contribution in [0, 0.1) is 6.92 Å². The van der Waals surface area contributed by atoms with Gasteiger partial charge >= 0.3 is 0 Å². The highest BCUT2D eigenvalue weighted by Crippen LogP contribution is 2.24. The maximum atomic E-state index is 11.7. The Hall–Kier alpha value is -2.75. The Balaban J connectivity index is 2.35. The highest BCUT2D eigenvalue weighted by molar-refractivity contribution is 8.02. The van der Waals surface area contributed by atoms with Crippen LogP contribution in [0.25, 0.3) is 0 Å². The number of methoxy groups -OCH3 is 1. The van der Waals surface area contributed by atoms with Gasteiger partial charge in [-0.2, -0.15) is 0 Å². The number of carbonyl (C=O) groups is 1. The number of aliphatic hydroxyl groups is 2. The zero-order valence-electron chi connectivity index (χ0n) is 16.7. The van der Waals surface area contributed by atoms with Crippen LogP contribution >= 0.6 is 11.4 Å².